The van der Waals surface area contributed by atoms with Gasteiger partial charge in [-0.25, -0.2) is 0 Å². The maximum absolute atomic E-state index is 6.27. The molecule has 2 nitrogen and oxygen atoms in total. The molecule has 0 aromatic heterocycles. The molecule has 2 aromatic rings. The molecule has 1 aliphatic rings. The highest BCUT2D eigenvalue weighted by molar-refractivity contribution is 5.29. The first-order valence-electron chi connectivity index (χ1n) is 13.0. The first kappa shape index (κ1) is 27.8. The van der Waals surface area contributed by atoms with Crippen molar-refractivity contribution in [3.8, 4) is 0 Å². The maximum Gasteiger partial charge on any atom is 0.00451 e. The number of rotatable bonds is 10. The third-order valence-corrected chi connectivity index (χ3v) is 6.97. The summed E-state index contributed by atoms with van der Waals surface area (Å²) in [7, 11) is 0. The van der Waals surface area contributed by atoms with Gasteiger partial charge < -0.3 is 11.1 Å². The highest BCUT2D eigenvalue weighted by atomic mass is 14.9. The third kappa shape index (κ3) is 9.83. The molecule has 2 aromatic carbocycles. The maximum atomic E-state index is 6.27. The molecule has 3 rings (SSSR count). The van der Waals surface area contributed by atoms with Crippen molar-refractivity contribution >= 4 is 0 Å². The van der Waals surface area contributed by atoms with Crippen molar-refractivity contribution in [1.29, 1.82) is 0 Å². The molecule has 0 saturated carbocycles. The van der Waals surface area contributed by atoms with Gasteiger partial charge in [0.1, 0.15) is 0 Å². The smallest absolute Gasteiger partial charge is 0.00451 e. The topological polar surface area (TPSA) is 38.0 Å². The van der Waals surface area contributed by atoms with Crippen molar-refractivity contribution in [3.05, 3.63) is 107 Å². The van der Waals surface area contributed by atoms with Gasteiger partial charge in [0.25, 0.3) is 0 Å². The van der Waals surface area contributed by atoms with E-state index in [4.69, 9.17) is 5.73 Å². The lowest BCUT2D eigenvalue weighted by atomic mass is 9.89. The second-order valence-corrected chi connectivity index (χ2v) is 9.56. The average Bonchev–Trinajstić information content (AvgIpc) is 2.88. The molecule has 34 heavy (non-hydrogen) atoms. The highest BCUT2D eigenvalue weighted by Crippen LogP contribution is 2.25. The molecular weight excluding hydrogens is 412 g/mol. The molecule has 0 bridgehead atoms. The van der Waals surface area contributed by atoms with Crippen LogP contribution in [0.4, 0.5) is 0 Å². The van der Waals surface area contributed by atoms with E-state index in [1.807, 2.05) is 18.2 Å². The van der Waals surface area contributed by atoms with Crippen molar-refractivity contribution in [2.24, 2.45) is 5.73 Å². The Morgan fingerprint density at radius 3 is 2.26 bits per heavy atom. The Morgan fingerprint density at radius 1 is 1.00 bits per heavy atom. The van der Waals surface area contributed by atoms with Crippen LogP contribution in [0.25, 0.3) is 0 Å². The first-order chi connectivity index (χ1) is 16.5. The summed E-state index contributed by atoms with van der Waals surface area (Å²) >= 11 is 0. The Bertz CT molecular complexity index is 901. The molecule has 0 radical (unpaired) electrons. The molecule has 1 aliphatic heterocycles. The van der Waals surface area contributed by atoms with Crippen LogP contribution in [0.5, 0.6) is 0 Å². The van der Waals surface area contributed by atoms with Gasteiger partial charge in [-0.3, -0.25) is 0 Å². The van der Waals surface area contributed by atoms with Crippen molar-refractivity contribution < 1.29 is 0 Å². The van der Waals surface area contributed by atoms with Gasteiger partial charge in [0.2, 0.25) is 0 Å². The normalized spacial score (nSPS) is 15.2. The number of piperidine rings is 1. The van der Waals surface area contributed by atoms with E-state index in [2.05, 4.69) is 81.7 Å². The minimum atomic E-state index is 0.238. The summed E-state index contributed by atoms with van der Waals surface area (Å²) in [6, 6.07) is 16.1. The number of nitrogens with two attached hydrogens (primary N) is 1. The number of aryl methyl sites for hydroxylation is 4. The van der Waals surface area contributed by atoms with Gasteiger partial charge in [-0.2, -0.15) is 0 Å². The molecule has 2 heteroatoms. The van der Waals surface area contributed by atoms with Crippen molar-refractivity contribution in [2.45, 2.75) is 77.7 Å². The molecule has 1 heterocycles. The summed E-state index contributed by atoms with van der Waals surface area (Å²) in [5.41, 5.74) is 14.6. The number of nitrogens with one attached hydrogen (secondary N) is 1. The lowest BCUT2D eigenvalue weighted by molar-refractivity contribution is 0.460. The van der Waals surface area contributed by atoms with E-state index in [1.165, 1.54) is 46.2 Å². The molecule has 1 saturated heterocycles. The van der Waals surface area contributed by atoms with Crippen LogP contribution in [0.15, 0.2) is 79.4 Å². The fourth-order valence-electron chi connectivity index (χ4n) is 4.39. The number of benzene rings is 2. The molecule has 3 N–H and O–H groups in total. The molecule has 0 amide bonds. The second-order valence-electron chi connectivity index (χ2n) is 9.56. The quantitative estimate of drug-likeness (QED) is 0.365. The fraction of sp³-hybridized carbons (Fsp3) is 0.438. The standard InChI is InChI=1S/C22H32N2.C10H14/c1-3-5-18(4-2)8-12-22(23)13-9-19-6-10-20(11-7-19)21-14-16-24-17-15-21;1-4-10-6-5-8(2)9(3)7-10/h3-7,10-11,21-22,24H,1-2,8-9,12-17,23H2;5-7H,4H2,1-3H3/b18-5+;. The SMILES string of the molecule is C=C/C=C(\C=C)CCC(N)CCc1ccc(C2CCNCC2)cc1.CCc1ccc(C)c(C)c1. The predicted molar refractivity (Wildman–Crippen MR) is 151 cm³/mol. The van der Waals surface area contributed by atoms with Crippen LogP contribution in [0.1, 0.15) is 72.8 Å². The minimum absolute atomic E-state index is 0.238. The van der Waals surface area contributed by atoms with Gasteiger partial charge >= 0.3 is 0 Å². The monoisotopic (exact) mass is 458 g/mol. The van der Waals surface area contributed by atoms with Crippen LogP contribution >= 0.6 is 0 Å². The van der Waals surface area contributed by atoms with Crippen LogP contribution in [0, 0.1) is 13.8 Å². The summed E-state index contributed by atoms with van der Waals surface area (Å²) in [6.45, 7) is 16.4. The molecule has 0 spiro atoms. The summed E-state index contributed by atoms with van der Waals surface area (Å²) in [4.78, 5) is 0. The van der Waals surface area contributed by atoms with Gasteiger partial charge in [-0.15, -0.1) is 0 Å². The zero-order chi connectivity index (χ0) is 24.8. The average molecular weight is 459 g/mol. The van der Waals surface area contributed by atoms with Crippen molar-refractivity contribution in [1.82, 2.24) is 5.32 Å². The fourth-order valence-corrected chi connectivity index (χ4v) is 4.39. The van der Waals surface area contributed by atoms with Gasteiger partial charge in [0.15, 0.2) is 0 Å². The second kappa shape index (κ2) is 15.5. The lowest BCUT2D eigenvalue weighted by Crippen LogP contribution is -2.26. The summed E-state index contributed by atoms with van der Waals surface area (Å²) in [6.07, 6.45) is 13.4. The van der Waals surface area contributed by atoms with E-state index in [0.717, 1.165) is 51.1 Å². The van der Waals surface area contributed by atoms with E-state index in [-0.39, 0.29) is 6.04 Å². The zero-order valence-corrected chi connectivity index (χ0v) is 21.8. The number of hydrogen-bond donors (Lipinski definition) is 2. The van der Waals surface area contributed by atoms with Crippen molar-refractivity contribution in [2.75, 3.05) is 13.1 Å². The van der Waals surface area contributed by atoms with Gasteiger partial charge in [-0.1, -0.05) is 80.8 Å². The van der Waals surface area contributed by atoms with Gasteiger partial charge in [0, 0.05) is 6.04 Å². The van der Waals surface area contributed by atoms with Gasteiger partial charge in [-0.05, 0) is 111 Å². The van der Waals surface area contributed by atoms with E-state index in [1.54, 1.807) is 0 Å². The van der Waals surface area contributed by atoms with Crippen LogP contribution in [-0.4, -0.2) is 19.1 Å². The van der Waals surface area contributed by atoms with E-state index in [0.29, 0.717) is 0 Å². The molecule has 1 fully saturated rings. The lowest BCUT2D eigenvalue weighted by Gasteiger charge is -2.23. The summed E-state index contributed by atoms with van der Waals surface area (Å²) in [5, 5.41) is 3.43. The van der Waals surface area contributed by atoms with Crippen LogP contribution in [-0.2, 0) is 12.8 Å². The molecule has 1 atom stereocenters. The number of hydrogen-bond acceptors (Lipinski definition) is 2. The van der Waals surface area contributed by atoms with E-state index in [9.17, 15) is 0 Å². The number of allylic oxidation sites excluding steroid dienone is 4. The summed E-state index contributed by atoms with van der Waals surface area (Å²) < 4.78 is 0. The Hall–Kier alpha value is -2.42. The molecule has 1 unspecified atom stereocenters. The van der Waals surface area contributed by atoms with Gasteiger partial charge in [0.05, 0.1) is 0 Å². The first-order valence-corrected chi connectivity index (χ1v) is 13.0. The Kier molecular flexibility index (Phi) is 12.7. The van der Waals surface area contributed by atoms with Crippen LogP contribution in [0.2, 0.25) is 0 Å². The Labute approximate surface area is 209 Å². The van der Waals surface area contributed by atoms with Crippen LogP contribution < -0.4 is 11.1 Å². The highest BCUT2D eigenvalue weighted by Gasteiger charge is 2.14. The molecule has 184 valence electrons. The van der Waals surface area contributed by atoms with E-state index < -0.39 is 0 Å². The molecule has 0 aliphatic carbocycles. The zero-order valence-electron chi connectivity index (χ0n) is 21.8. The Morgan fingerprint density at radius 2 is 1.68 bits per heavy atom. The minimum Gasteiger partial charge on any atom is -0.328 e. The van der Waals surface area contributed by atoms with Crippen LogP contribution in [0.3, 0.4) is 0 Å². The van der Waals surface area contributed by atoms with Crippen molar-refractivity contribution in [3.63, 3.8) is 0 Å². The summed E-state index contributed by atoms with van der Waals surface area (Å²) in [5.74, 6) is 0.733. The Balaban J connectivity index is 0.000000340. The third-order valence-electron chi connectivity index (χ3n) is 6.97. The largest absolute Gasteiger partial charge is 0.328 e. The van der Waals surface area contributed by atoms with E-state index >= 15 is 0 Å². The predicted octanol–water partition coefficient (Wildman–Crippen LogP) is 7.36. The molecular formula is C32H46N2.